The molecule has 0 aliphatic carbocycles. The van der Waals surface area contributed by atoms with Gasteiger partial charge in [-0.3, -0.25) is 4.31 Å². The van der Waals surface area contributed by atoms with E-state index in [1.54, 1.807) is 38.3 Å². The molecule has 152 valence electrons. The summed E-state index contributed by atoms with van der Waals surface area (Å²) in [7, 11) is -2.49. The van der Waals surface area contributed by atoms with Crippen LogP contribution < -0.4 is 9.04 Å². The number of aryl methyl sites for hydroxylation is 1. The van der Waals surface area contributed by atoms with Gasteiger partial charge in [-0.2, -0.15) is 0 Å². The molecular weight excluding hydrogens is 413 g/mol. The Balaban J connectivity index is 2.15. The van der Waals surface area contributed by atoms with Gasteiger partial charge in [0.25, 0.3) is 10.0 Å². The van der Waals surface area contributed by atoms with E-state index in [1.165, 1.54) is 10.4 Å². The van der Waals surface area contributed by atoms with E-state index >= 15 is 0 Å². The van der Waals surface area contributed by atoms with Gasteiger partial charge in [0.1, 0.15) is 11.6 Å². The quantitative estimate of drug-likeness (QED) is 0.497. The maximum absolute atomic E-state index is 13.6. The second-order valence-electron chi connectivity index (χ2n) is 6.66. The lowest BCUT2D eigenvalue weighted by atomic mass is 10.1. The van der Waals surface area contributed by atoms with Gasteiger partial charge in [-0.05, 0) is 61.9 Å². The highest BCUT2D eigenvalue weighted by atomic mass is 35.5. The third kappa shape index (κ3) is 4.38. The van der Waals surface area contributed by atoms with Crippen LogP contribution in [0.5, 0.6) is 5.75 Å². The van der Waals surface area contributed by atoms with Crippen LogP contribution in [0.1, 0.15) is 24.1 Å². The van der Waals surface area contributed by atoms with Crippen LogP contribution in [-0.4, -0.2) is 15.5 Å². The molecule has 0 aliphatic heterocycles. The van der Waals surface area contributed by atoms with E-state index in [9.17, 15) is 12.8 Å². The Bertz CT molecular complexity index is 1100. The summed E-state index contributed by atoms with van der Waals surface area (Å²) in [6.45, 7) is 3.77. The second kappa shape index (κ2) is 8.43. The molecule has 7 heteroatoms. The van der Waals surface area contributed by atoms with E-state index in [1.807, 2.05) is 31.2 Å². The van der Waals surface area contributed by atoms with Crippen molar-refractivity contribution in [2.45, 2.75) is 24.8 Å². The zero-order chi connectivity index (χ0) is 21.2. The lowest BCUT2D eigenvalue weighted by molar-refractivity contribution is 0.415. The Hall–Kier alpha value is -2.57. The van der Waals surface area contributed by atoms with Gasteiger partial charge in [0.05, 0.1) is 28.8 Å². The number of methoxy groups -OCH3 is 1. The predicted molar refractivity (Wildman–Crippen MR) is 114 cm³/mol. The van der Waals surface area contributed by atoms with Gasteiger partial charge in [-0.1, -0.05) is 41.4 Å². The Kier molecular flexibility index (Phi) is 6.15. The third-order valence-electron chi connectivity index (χ3n) is 4.69. The average Bonchev–Trinajstić information content (AvgIpc) is 2.71. The fourth-order valence-corrected chi connectivity index (χ4v) is 4.95. The Labute approximate surface area is 175 Å². The van der Waals surface area contributed by atoms with Crippen molar-refractivity contribution in [2.75, 3.05) is 11.4 Å². The highest BCUT2D eigenvalue weighted by Crippen LogP contribution is 2.35. The van der Waals surface area contributed by atoms with E-state index in [-0.39, 0.29) is 9.92 Å². The van der Waals surface area contributed by atoms with Crippen molar-refractivity contribution >= 4 is 27.3 Å². The SMILES string of the molecule is COc1ccc(N([C@H](C)c2ccc(C)cc2)S(=O)(=O)c2ccc(F)c(Cl)c2)cc1. The van der Waals surface area contributed by atoms with Crippen LogP contribution in [0.25, 0.3) is 0 Å². The maximum atomic E-state index is 13.6. The van der Waals surface area contributed by atoms with Crippen LogP contribution >= 0.6 is 11.6 Å². The second-order valence-corrected chi connectivity index (χ2v) is 8.88. The normalized spacial score (nSPS) is 12.4. The molecule has 4 nitrogen and oxygen atoms in total. The molecule has 3 aromatic carbocycles. The van der Waals surface area contributed by atoms with E-state index < -0.39 is 21.9 Å². The number of ether oxygens (including phenoxy) is 1. The van der Waals surface area contributed by atoms with Crippen molar-refractivity contribution in [1.82, 2.24) is 0 Å². The summed E-state index contributed by atoms with van der Waals surface area (Å²) >= 11 is 5.85. The van der Waals surface area contributed by atoms with Gasteiger partial charge in [-0.25, -0.2) is 12.8 Å². The smallest absolute Gasteiger partial charge is 0.264 e. The Morgan fingerprint density at radius 2 is 1.62 bits per heavy atom. The molecule has 0 spiro atoms. The molecule has 1 atom stereocenters. The zero-order valence-corrected chi connectivity index (χ0v) is 17.8. The number of sulfonamides is 1. The number of benzene rings is 3. The van der Waals surface area contributed by atoms with Gasteiger partial charge < -0.3 is 4.74 Å². The minimum atomic E-state index is -4.03. The molecule has 0 unspecified atom stereocenters. The van der Waals surface area contributed by atoms with Crippen LogP contribution in [0.2, 0.25) is 5.02 Å². The summed E-state index contributed by atoms with van der Waals surface area (Å²) in [5.41, 5.74) is 2.35. The van der Waals surface area contributed by atoms with Crippen molar-refractivity contribution in [3.05, 3.63) is 88.7 Å². The number of hydrogen-bond acceptors (Lipinski definition) is 3. The fraction of sp³-hybridized carbons (Fsp3) is 0.182. The summed E-state index contributed by atoms with van der Waals surface area (Å²) in [6, 6.07) is 17.3. The van der Waals surface area contributed by atoms with E-state index in [0.29, 0.717) is 11.4 Å². The van der Waals surface area contributed by atoms with Crippen LogP contribution in [-0.2, 0) is 10.0 Å². The van der Waals surface area contributed by atoms with Gasteiger partial charge >= 0.3 is 0 Å². The summed E-state index contributed by atoms with van der Waals surface area (Å²) < 4.78 is 47.2. The van der Waals surface area contributed by atoms with Gasteiger partial charge in [-0.15, -0.1) is 0 Å². The van der Waals surface area contributed by atoms with E-state index in [4.69, 9.17) is 16.3 Å². The maximum Gasteiger partial charge on any atom is 0.264 e. The number of halogens is 2. The molecule has 0 heterocycles. The summed E-state index contributed by atoms with van der Waals surface area (Å²) in [5, 5.41) is -0.247. The third-order valence-corrected chi connectivity index (χ3v) is 6.87. The molecule has 0 bridgehead atoms. The van der Waals surface area contributed by atoms with Crippen molar-refractivity contribution in [3.63, 3.8) is 0 Å². The van der Waals surface area contributed by atoms with Gasteiger partial charge in [0.2, 0.25) is 0 Å². The first-order chi connectivity index (χ1) is 13.7. The molecular formula is C22H21ClFNO3S. The lowest BCUT2D eigenvalue weighted by Crippen LogP contribution is -2.33. The monoisotopic (exact) mass is 433 g/mol. The minimum Gasteiger partial charge on any atom is -0.497 e. The predicted octanol–water partition coefficient (Wildman–Crippen LogP) is 5.75. The minimum absolute atomic E-state index is 0.0846. The largest absolute Gasteiger partial charge is 0.497 e. The van der Waals surface area contributed by atoms with Crippen molar-refractivity contribution in [1.29, 1.82) is 0 Å². The van der Waals surface area contributed by atoms with Gasteiger partial charge in [0.15, 0.2) is 0 Å². The van der Waals surface area contributed by atoms with Crippen molar-refractivity contribution in [3.8, 4) is 5.75 Å². The highest BCUT2D eigenvalue weighted by Gasteiger charge is 2.31. The summed E-state index contributed by atoms with van der Waals surface area (Å²) in [5.74, 6) is -0.0629. The molecule has 0 fully saturated rings. The summed E-state index contributed by atoms with van der Waals surface area (Å²) in [6.07, 6.45) is 0. The standard InChI is InChI=1S/C22H21ClFNO3S/c1-15-4-6-17(7-5-15)16(2)25(18-8-10-19(28-3)11-9-18)29(26,27)20-12-13-22(24)21(23)14-20/h4-14,16H,1-3H3/t16-/m1/s1. The molecule has 3 aromatic rings. The number of anilines is 1. The lowest BCUT2D eigenvalue weighted by Gasteiger charge is -2.31. The molecule has 0 saturated carbocycles. The first kappa shape index (κ1) is 21.1. The van der Waals surface area contributed by atoms with Crippen LogP contribution in [0.15, 0.2) is 71.6 Å². The molecule has 29 heavy (non-hydrogen) atoms. The highest BCUT2D eigenvalue weighted by molar-refractivity contribution is 7.92. The number of nitrogens with zero attached hydrogens (tertiary/aromatic N) is 1. The van der Waals surface area contributed by atoms with Crippen LogP contribution in [0, 0.1) is 12.7 Å². The molecule has 0 saturated heterocycles. The molecule has 3 rings (SSSR count). The molecule has 0 aromatic heterocycles. The van der Waals surface area contributed by atoms with E-state index in [2.05, 4.69) is 0 Å². The number of hydrogen-bond donors (Lipinski definition) is 0. The van der Waals surface area contributed by atoms with Crippen molar-refractivity contribution in [2.24, 2.45) is 0 Å². The Morgan fingerprint density at radius 3 is 2.17 bits per heavy atom. The van der Waals surface area contributed by atoms with Gasteiger partial charge in [0, 0.05) is 0 Å². The van der Waals surface area contributed by atoms with Crippen molar-refractivity contribution < 1.29 is 17.5 Å². The van der Waals surface area contributed by atoms with Crippen LogP contribution in [0.3, 0.4) is 0 Å². The Morgan fingerprint density at radius 1 is 1.00 bits per heavy atom. The summed E-state index contributed by atoms with van der Waals surface area (Å²) in [4.78, 5) is -0.0846. The van der Waals surface area contributed by atoms with E-state index in [0.717, 1.165) is 23.3 Å². The zero-order valence-electron chi connectivity index (χ0n) is 16.3. The number of rotatable bonds is 6. The first-order valence-corrected chi connectivity index (χ1v) is 10.8. The molecule has 0 amide bonds. The van der Waals surface area contributed by atoms with Crippen LogP contribution in [0.4, 0.5) is 10.1 Å². The molecule has 0 aliphatic rings. The average molecular weight is 434 g/mol. The molecule has 0 radical (unpaired) electrons. The molecule has 0 N–H and O–H groups in total. The fourth-order valence-electron chi connectivity index (χ4n) is 3.03. The topological polar surface area (TPSA) is 46.6 Å². The first-order valence-electron chi connectivity index (χ1n) is 8.94.